The Morgan fingerprint density at radius 2 is 2.04 bits per heavy atom. The number of nitrogens with zero attached hydrogens (tertiary/aromatic N) is 4. The molecule has 1 fully saturated rings. The van der Waals surface area contributed by atoms with Crippen molar-refractivity contribution < 1.29 is 14.7 Å². The molecule has 134 valence electrons. The van der Waals surface area contributed by atoms with E-state index in [2.05, 4.69) is 15.6 Å². The third-order valence-electron chi connectivity index (χ3n) is 4.64. The van der Waals surface area contributed by atoms with Crippen molar-refractivity contribution in [2.75, 3.05) is 13.6 Å². The van der Waals surface area contributed by atoms with Crippen LogP contribution in [0.5, 0.6) is 0 Å². The summed E-state index contributed by atoms with van der Waals surface area (Å²) in [7, 11) is 1.53. The molecular formula is C17H23N5O3. The summed E-state index contributed by atoms with van der Waals surface area (Å²) in [6.07, 6.45) is -0.458. The Morgan fingerprint density at radius 3 is 2.72 bits per heavy atom. The number of fused-ring (bicyclic) bond motifs is 1. The second-order valence-corrected chi connectivity index (χ2v) is 6.72. The third kappa shape index (κ3) is 3.09. The lowest BCUT2D eigenvalue weighted by Gasteiger charge is -2.29. The molecule has 1 aliphatic rings. The van der Waals surface area contributed by atoms with Gasteiger partial charge in [-0.15, -0.1) is 5.10 Å². The van der Waals surface area contributed by atoms with Crippen molar-refractivity contribution in [2.45, 2.75) is 38.5 Å². The van der Waals surface area contributed by atoms with Crippen molar-refractivity contribution in [2.24, 2.45) is 5.92 Å². The smallest absolute Gasteiger partial charge is 0.248 e. The number of para-hydroxylation sites is 1. The zero-order chi connectivity index (χ0) is 18.1. The average molecular weight is 345 g/mol. The fourth-order valence-corrected chi connectivity index (χ4v) is 3.41. The Labute approximate surface area is 145 Å². The van der Waals surface area contributed by atoms with E-state index in [1.807, 2.05) is 38.1 Å². The van der Waals surface area contributed by atoms with Gasteiger partial charge in [-0.2, -0.15) is 0 Å². The van der Waals surface area contributed by atoms with Crippen LogP contribution in [0.25, 0.3) is 11.0 Å². The Hall–Kier alpha value is -2.48. The van der Waals surface area contributed by atoms with Crippen LogP contribution in [0.15, 0.2) is 24.3 Å². The van der Waals surface area contributed by atoms with E-state index in [-0.39, 0.29) is 30.7 Å². The number of hydrogen-bond acceptors (Lipinski definition) is 5. The van der Waals surface area contributed by atoms with E-state index in [0.29, 0.717) is 5.52 Å². The van der Waals surface area contributed by atoms with Gasteiger partial charge in [0.2, 0.25) is 11.8 Å². The van der Waals surface area contributed by atoms with E-state index in [4.69, 9.17) is 0 Å². The molecule has 8 heteroatoms. The molecule has 0 aliphatic carbocycles. The Morgan fingerprint density at radius 1 is 1.32 bits per heavy atom. The van der Waals surface area contributed by atoms with Crippen molar-refractivity contribution in [1.29, 1.82) is 0 Å². The number of β-amino-alcohol motifs (C(OH)–C–C–N with tert-alkyl or cyclic N) is 1. The monoisotopic (exact) mass is 345 g/mol. The van der Waals surface area contributed by atoms with Gasteiger partial charge in [-0.05, 0) is 18.1 Å². The largest absolute Gasteiger partial charge is 0.391 e. The van der Waals surface area contributed by atoms with Crippen LogP contribution in [0, 0.1) is 5.92 Å². The average Bonchev–Trinajstić information content (AvgIpc) is 3.18. The molecule has 2 amide bonds. The molecule has 25 heavy (non-hydrogen) atoms. The fraction of sp³-hybridized carbons (Fsp3) is 0.529. The van der Waals surface area contributed by atoms with E-state index in [9.17, 15) is 14.7 Å². The predicted octanol–water partition coefficient (Wildman–Crippen LogP) is 0.336. The van der Waals surface area contributed by atoms with Crippen molar-refractivity contribution >= 4 is 22.8 Å². The summed E-state index contributed by atoms with van der Waals surface area (Å²) in [5, 5.41) is 20.8. The molecule has 2 N–H and O–H groups in total. The summed E-state index contributed by atoms with van der Waals surface area (Å²) >= 11 is 0. The summed E-state index contributed by atoms with van der Waals surface area (Å²) < 4.78 is 1.62. The number of rotatable bonds is 4. The molecule has 8 nitrogen and oxygen atoms in total. The van der Waals surface area contributed by atoms with Gasteiger partial charge in [0.15, 0.2) is 0 Å². The summed E-state index contributed by atoms with van der Waals surface area (Å²) in [5.41, 5.74) is 1.48. The first-order valence-electron chi connectivity index (χ1n) is 8.44. The normalized spacial score (nSPS) is 21.7. The minimum atomic E-state index is -0.702. The minimum Gasteiger partial charge on any atom is -0.391 e. The molecule has 1 aromatic heterocycles. The molecule has 2 heterocycles. The lowest BCUT2D eigenvalue weighted by molar-refractivity contribution is -0.142. The van der Waals surface area contributed by atoms with Gasteiger partial charge < -0.3 is 15.3 Å². The molecule has 0 unspecified atom stereocenters. The predicted molar refractivity (Wildman–Crippen MR) is 91.6 cm³/mol. The van der Waals surface area contributed by atoms with Crippen molar-refractivity contribution in [1.82, 2.24) is 25.2 Å². The molecule has 0 radical (unpaired) electrons. The van der Waals surface area contributed by atoms with E-state index in [0.717, 1.165) is 5.52 Å². The van der Waals surface area contributed by atoms with Crippen LogP contribution < -0.4 is 5.32 Å². The minimum absolute atomic E-state index is 0.0549. The van der Waals surface area contributed by atoms with Crippen molar-refractivity contribution in [3.63, 3.8) is 0 Å². The number of aliphatic hydroxyl groups excluding tert-OH is 1. The number of carbonyl (C=O) groups excluding carboxylic acids is 2. The van der Waals surface area contributed by atoms with Gasteiger partial charge in [0.1, 0.15) is 17.6 Å². The first kappa shape index (κ1) is 17.3. The van der Waals surface area contributed by atoms with Gasteiger partial charge in [-0.1, -0.05) is 31.2 Å². The highest BCUT2D eigenvalue weighted by molar-refractivity contribution is 5.90. The van der Waals surface area contributed by atoms with Gasteiger partial charge in [0.05, 0.1) is 11.6 Å². The standard InChI is InChI=1S/C17H23N5O3/c1-10(2)15(22-13-7-5-4-6-12(13)19-20-22)17(25)21-9-11(23)8-14(21)16(24)18-3/h4-7,10-11,14-15,23H,8-9H2,1-3H3,(H,18,24)/t11-,14+,15-/m1/s1. The van der Waals surface area contributed by atoms with Crippen molar-refractivity contribution in [3.05, 3.63) is 24.3 Å². The zero-order valence-corrected chi connectivity index (χ0v) is 14.6. The molecule has 3 atom stereocenters. The maximum atomic E-state index is 13.3. The second kappa shape index (κ2) is 6.79. The molecule has 3 rings (SSSR count). The van der Waals surface area contributed by atoms with Crippen LogP contribution in [0.3, 0.4) is 0 Å². The number of hydrogen-bond donors (Lipinski definition) is 2. The number of nitrogens with one attached hydrogen (secondary N) is 1. The van der Waals surface area contributed by atoms with Crippen LogP contribution in [0.2, 0.25) is 0 Å². The molecule has 0 bridgehead atoms. The highest BCUT2D eigenvalue weighted by atomic mass is 16.3. The molecule has 1 aromatic carbocycles. The van der Waals surface area contributed by atoms with Gasteiger partial charge in [-0.3, -0.25) is 9.59 Å². The SMILES string of the molecule is CNC(=O)[C@@H]1C[C@@H](O)CN1C(=O)[C@@H](C(C)C)n1nnc2ccccc21. The van der Waals surface area contributed by atoms with E-state index in [1.54, 1.807) is 4.68 Å². The highest BCUT2D eigenvalue weighted by Gasteiger charge is 2.42. The zero-order valence-electron chi connectivity index (χ0n) is 14.6. The summed E-state index contributed by atoms with van der Waals surface area (Å²) in [6, 6.07) is 6.19. The van der Waals surface area contributed by atoms with E-state index in [1.165, 1.54) is 11.9 Å². The van der Waals surface area contributed by atoms with Crippen LogP contribution in [0.1, 0.15) is 26.3 Å². The van der Waals surface area contributed by atoms with Gasteiger partial charge in [0, 0.05) is 20.0 Å². The second-order valence-electron chi connectivity index (χ2n) is 6.72. The number of likely N-dealkylation sites (tertiary alicyclic amines) is 1. The molecule has 0 saturated carbocycles. The fourth-order valence-electron chi connectivity index (χ4n) is 3.41. The van der Waals surface area contributed by atoms with E-state index < -0.39 is 18.2 Å². The van der Waals surface area contributed by atoms with E-state index >= 15 is 0 Å². The number of likely N-dealkylation sites (N-methyl/N-ethyl adjacent to an activating group) is 1. The Balaban J connectivity index is 1.98. The number of aromatic nitrogens is 3. The summed E-state index contributed by atoms with van der Waals surface area (Å²) in [4.78, 5) is 26.8. The third-order valence-corrected chi connectivity index (χ3v) is 4.64. The summed E-state index contributed by atoms with van der Waals surface area (Å²) in [6.45, 7) is 4.01. The quantitative estimate of drug-likeness (QED) is 0.832. The first-order valence-corrected chi connectivity index (χ1v) is 8.44. The molecule has 1 saturated heterocycles. The lowest BCUT2D eigenvalue weighted by atomic mass is 10.0. The Bertz CT molecular complexity index is 787. The Kier molecular flexibility index (Phi) is 4.71. The van der Waals surface area contributed by atoms with Crippen LogP contribution in [-0.2, 0) is 9.59 Å². The summed E-state index contributed by atoms with van der Waals surface area (Å²) in [5.74, 6) is -0.549. The maximum Gasteiger partial charge on any atom is 0.248 e. The number of aliphatic hydroxyl groups is 1. The maximum absolute atomic E-state index is 13.3. The molecule has 1 aliphatic heterocycles. The van der Waals surface area contributed by atoms with Crippen molar-refractivity contribution in [3.8, 4) is 0 Å². The van der Waals surface area contributed by atoms with Crippen LogP contribution in [0.4, 0.5) is 0 Å². The van der Waals surface area contributed by atoms with Crippen LogP contribution >= 0.6 is 0 Å². The number of benzene rings is 1. The lowest BCUT2D eigenvalue weighted by Crippen LogP contribution is -2.48. The number of carbonyl (C=O) groups is 2. The first-order chi connectivity index (χ1) is 11.9. The van der Waals surface area contributed by atoms with Gasteiger partial charge in [-0.25, -0.2) is 4.68 Å². The molecular weight excluding hydrogens is 322 g/mol. The highest BCUT2D eigenvalue weighted by Crippen LogP contribution is 2.28. The van der Waals surface area contributed by atoms with Gasteiger partial charge in [0.25, 0.3) is 0 Å². The molecule has 0 spiro atoms. The number of amides is 2. The van der Waals surface area contributed by atoms with Gasteiger partial charge >= 0.3 is 0 Å². The topological polar surface area (TPSA) is 100 Å². The van der Waals surface area contributed by atoms with Crippen LogP contribution in [-0.4, -0.2) is 62.6 Å². The molecule has 2 aromatic rings.